The van der Waals surface area contributed by atoms with Crippen LogP contribution in [0.3, 0.4) is 0 Å². The van der Waals surface area contributed by atoms with Crippen molar-refractivity contribution in [2.24, 2.45) is 5.92 Å². The maximum atomic E-state index is 13.4. The normalized spacial score (nSPS) is 20.1. The van der Waals surface area contributed by atoms with E-state index in [0.717, 1.165) is 0 Å². The molecule has 24 heavy (non-hydrogen) atoms. The Morgan fingerprint density at radius 1 is 1.50 bits per heavy atom. The monoisotopic (exact) mass is 336 g/mol. The molecule has 1 saturated heterocycles. The molecule has 1 aromatic carbocycles. The zero-order chi connectivity index (χ0) is 17.9. The molecule has 5 nitrogen and oxygen atoms in total. The van der Waals surface area contributed by atoms with Crippen LogP contribution in [0, 0.1) is 18.7 Å². The molecule has 1 aliphatic rings. The Kier molecular flexibility index (Phi) is 5.59. The van der Waals surface area contributed by atoms with E-state index < -0.39 is 11.5 Å². The van der Waals surface area contributed by atoms with Crippen LogP contribution in [0.5, 0.6) is 0 Å². The highest BCUT2D eigenvalue weighted by Crippen LogP contribution is 2.27. The van der Waals surface area contributed by atoms with E-state index in [2.05, 4.69) is 5.32 Å². The number of aliphatic hydroxyl groups is 1. The quantitative estimate of drug-likeness (QED) is 0.836. The predicted molar refractivity (Wildman–Crippen MR) is 90.1 cm³/mol. The molecule has 2 N–H and O–H groups in total. The first-order valence-electron chi connectivity index (χ1n) is 8.29. The van der Waals surface area contributed by atoms with Gasteiger partial charge in [0.2, 0.25) is 11.8 Å². The van der Waals surface area contributed by atoms with Crippen LogP contribution in [0.4, 0.5) is 10.1 Å². The van der Waals surface area contributed by atoms with Crippen molar-refractivity contribution in [3.05, 3.63) is 29.6 Å². The van der Waals surface area contributed by atoms with Crippen LogP contribution < -0.4 is 10.2 Å². The number of amides is 2. The van der Waals surface area contributed by atoms with E-state index >= 15 is 0 Å². The molecular weight excluding hydrogens is 311 g/mol. The van der Waals surface area contributed by atoms with Crippen LogP contribution in [0.15, 0.2) is 18.2 Å². The minimum Gasteiger partial charge on any atom is -0.396 e. The molecule has 2 rings (SSSR count). The predicted octanol–water partition coefficient (Wildman–Crippen LogP) is 2.15. The number of anilines is 1. The van der Waals surface area contributed by atoms with E-state index in [-0.39, 0.29) is 37.2 Å². The maximum absolute atomic E-state index is 13.4. The second-order valence-electron chi connectivity index (χ2n) is 6.72. The molecule has 0 spiro atoms. The minimum atomic E-state index is -0.477. The number of aryl methyl sites for hydroxylation is 1. The molecule has 2 amide bonds. The maximum Gasteiger partial charge on any atom is 0.227 e. The second-order valence-corrected chi connectivity index (χ2v) is 6.72. The van der Waals surface area contributed by atoms with Gasteiger partial charge < -0.3 is 15.3 Å². The van der Waals surface area contributed by atoms with Gasteiger partial charge in [-0.25, -0.2) is 4.39 Å². The van der Waals surface area contributed by atoms with Gasteiger partial charge in [-0.3, -0.25) is 9.59 Å². The van der Waals surface area contributed by atoms with Crippen LogP contribution >= 0.6 is 0 Å². The highest BCUT2D eigenvalue weighted by atomic mass is 19.1. The molecule has 0 saturated carbocycles. The summed E-state index contributed by atoms with van der Waals surface area (Å²) in [6.07, 6.45) is 1.30. The number of halogens is 1. The molecule has 2 atom stereocenters. The first kappa shape index (κ1) is 18.4. The lowest BCUT2D eigenvalue weighted by Crippen LogP contribution is -2.48. The Morgan fingerprint density at radius 3 is 2.79 bits per heavy atom. The number of carbonyl (C=O) groups is 2. The number of nitrogens with one attached hydrogen (secondary N) is 1. The fraction of sp³-hybridized carbons (Fsp3) is 0.556. The summed E-state index contributed by atoms with van der Waals surface area (Å²) in [4.78, 5) is 26.3. The Morgan fingerprint density at radius 2 is 2.21 bits per heavy atom. The van der Waals surface area contributed by atoms with Crippen LogP contribution in [-0.4, -0.2) is 35.6 Å². The lowest BCUT2D eigenvalue weighted by Gasteiger charge is -2.30. The standard InChI is InChI=1S/C18H25FN2O3/c1-4-18(3,7-8-22)20-17(24)13-10-16(23)21(11-13)14-5-6-15(19)12(2)9-14/h5-6,9,13,22H,4,7-8,10-11H2,1-3H3,(H,20,24). The molecule has 2 unspecified atom stereocenters. The van der Waals surface area contributed by atoms with Gasteiger partial charge >= 0.3 is 0 Å². The van der Waals surface area contributed by atoms with E-state index in [1.807, 2.05) is 13.8 Å². The first-order valence-corrected chi connectivity index (χ1v) is 8.29. The fourth-order valence-corrected chi connectivity index (χ4v) is 2.90. The summed E-state index contributed by atoms with van der Waals surface area (Å²) in [6, 6.07) is 4.51. The largest absolute Gasteiger partial charge is 0.396 e. The summed E-state index contributed by atoms with van der Waals surface area (Å²) >= 11 is 0. The van der Waals surface area contributed by atoms with Gasteiger partial charge in [0.1, 0.15) is 5.82 Å². The lowest BCUT2D eigenvalue weighted by molar-refractivity contribution is -0.128. The summed E-state index contributed by atoms with van der Waals surface area (Å²) in [7, 11) is 0. The van der Waals surface area contributed by atoms with Gasteiger partial charge in [-0.05, 0) is 50.5 Å². The number of benzene rings is 1. The van der Waals surface area contributed by atoms with Crippen molar-refractivity contribution in [2.45, 2.75) is 45.6 Å². The van der Waals surface area contributed by atoms with E-state index in [1.165, 1.54) is 11.0 Å². The number of hydrogen-bond donors (Lipinski definition) is 2. The molecule has 6 heteroatoms. The van der Waals surface area contributed by atoms with Gasteiger partial charge in [-0.2, -0.15) is 0 Å². The van der Waals surface area contributed by atoms with Crippen LogP contribution in [0.2, 0.25) is 0 Å². The SMILES string of the molecule is CCC(C)(CCO)NC(=O)C1CC(=O)N(c2ccc(F)c(C)c2)C1. The molecule has 0 aromatic heterocycles. The molecule has 1 aromatic rings. The van der Waals surface area contributed by atoms with Gasteiger partial charge in [0.25, 0.3) is 0 Å². The number of rotatable bonds is 6. The average molecular weight is 336 g/mol. The smallest absolute Gasteiger partial charge is 0.227 e. The van der Waals surface area contributed by atoms with E-state index in [9.17, 15) is 14.0 Å². The summed E-state index contributed by atoms with van der Waals surface area (Å²) in [5.74, 6) is -1.07. The van der Waals surface area contributed by atoms with Crippen molar-refractivity contribution in [3.8, 4) is 0 Å². The highest BCUT2D eigenvalue weighted by molar-refractivity contribution is 6.00. The molecule has 1 heterocycles. The van der Waals surface area contributed by atoms with Gasteiger partial charge in [0.15, 0.2) is 0 Å². The summed E-state index contributed by atoms with van der Waals surface area (Å²) < 4.78 is 13.4. The third-order valence-electron chi connectivity index (χ3n) is 4.82. The average Bonchev–Trinajstić information content (AvgIpc) is 2.92. The van der Waals surface area contributed by atoms with E-state index in [1.54, 1.807) is 19.1 Å². The number of nitrogens with zero attached hydrogens (tertiary/aromatic N) is 1. The van der Waals surface area contributed by atoms with Crippen LogP contribution in [0.25, 0.3) is 0 Å². The molecular formula is C18H25FN2O3. The number of hydrogen-bond acceptors (Lipinski definition) is 3. The van der Waals surface area contributed by atoms with Crippen molar-refractivity contribution in [1.29, 1.82) is 0 Å². The molecule has 0 radical (unpaired) electrons. The van der Waals surface area contributed by atoms with Gasteiger partial charge in [0, 0.05) is 30.8 Å². The van der Waals surface area contributed by atoms with Crippen molar-refractivity contribution in [1.82, 2.24) is 5.32 Å². The lowest BCUT2D eigenvalue weighted by atomic mass is 9.93. The zero-order valence-corrected chi connectivity index (χ0v) is 14.4. The number of aliphatic hydroxyl groups excluding tert-OH is 1. The Hall–Kier alpha value is -1.95. The van der Waals surface area contributed by atoms with Crippen molar-refractivity contribution >= 4 is 17.5 Å². The van der Waals surface area contributed by atoms with E-state index in [4.69, 9.17) is 5.11 Å². The third kappa shape index (κ3) is 3.93. The zero-order valence-electron chi connectivity index (χ0n) is 14.4. The Labute approximate surface area is 141 Å². The summed E-state index contributed by atoms with van der Waals surface area (Å²) in [5, 5.41) is 12.1. The first-order chi connectivity index (χ1) is 11.3. The van der Waals surface area contributed by atoms with Crippen molar-refractivity contribution in [3.63, 3.8) is 0 Å². The van der Waals surface area contributed by atoms with Crippen LogP contribution in [0.1, 0.15) is 38.7 Å². The summed E-state index contributed by atoms with van der Waals surface area (Å²) in [6.45, 7) is 5.76. The Bertz CT molecular complexity index is 635. The highest BCUT2D eigenvalue weighted by Gasteiger charge is 2.37. The fourth-order valence-electron chi connectivity index (χ4n) is 2.90. The Balaban J connectivity index is 2.08. The van der Waals surface area contributed by atoms with Crippen molar-refractivity contribution < 1.29 is 19.1 Å². The second kappa shape index (κ2) is 7.30. The molecule has 1 aliphatic heterocycles. The molecule has 0 bridgehead atoms. The van der Waals surface area contributed by atoms with Gasteiger partial charge in [-0.15, -0.1) is 0 Å². The summed E-state index contributed by atoms with van der Waals surface area (Å²) in [5.41, 5.74) is 0.604. The van der Waals surface area contributed by atoms with E-state index in [0.29, 0.717) is 24.1 Å². The molecule has 0 aliphatic carbocycles. The number of carbonyl (C=O) groups excluding carboxylic acids is 2. The van der Waals surface area contributed by atoms with Crippen molar-refractivity contribution in [2.75, 3.05) is 18.1 Å². The van der Waals surface area contributed by atoms with Crippen LogP contribution in [-0.2, 0) is 9.59 Å². The topological polar surface area (TPSA) is 69.6 Å². The van der Waals surface area contributed by atoms with Gasteiger partial charge in [-0.1, -0.05) is 6.92 Å². The van der Waals surface area contributed by atoms with Gasteiger partial charge in [0.05, 0.1) is 5.92 Å². The third-order valence-corrected chi connectivity index (χ3v) is 4.82. The molecule has 132 valence electrons. The minimum absolute atomic E-state index is 0.00476. The molecule has 1 fully saturated rings.